The van der Waals surface area contributed by atoms with Gasteiger partial charge in [0, 0.05) is 65.8 Å². The van der Waals surface area contributed by atoms with E-state index < -0.39 is 5.41 Å². The molecule has 358 valence electrons. The first-order valence-corrected chi connectivity index (χ1v) is 26.7. The Morgan fingerprint density at radius 3 is 0.948 bits per heavy atom. The lowest BCUT2D eigenvalue weighted by molar-refractivity contribution is 0.767. The molecular formula is C73H46N4. The van der Waals surface area contributed by atoms with Gasteiger partial charge in [-0.15, -0.1) is 0 Å². The van der Waals surface area contributed by atoms with Gasteiger partial charge in [-0.2, -0.15) is 0 Å². The molecule has 77 heavy (non-hydrogen) atoms. The summed E-state index contributed by atoms with van der Waals surface area (Å²) >= 11 is 0. The first kappa shape index (κ1) is 42.2. The quantitative estimate of drug-likeness (QED) is 0.158. The summed E-state index contributed by atoms with van der Waals surface area (Å²) in [4.78, 5) is 0. The molecule has 0 N–H and O–H groups in total. The molecule has 0 bridgehead atoms. The molecule has 16 aromatic rings. The number of hydrogen-bond donors (Lipinski definition) is 0. The van der Waals surface area contributed by atoms with E-state index >= 15 is 0 Å². The Hall–Kier alpha value is -10.2. The van der Waals surface area contributed by atoms with Crippen LogP contribution in [0.25, 0.3) is 121 Å². The molecule has 0 saturated heterocycles. The van der Waals surface area contributed by atoms with E-state index in [0.717, 1.165) is 22.7 Å². The maximum atomic E-state index is 2.54. The Bertz CT molecular complexity index is 5040. The average molecular weight is 979 g/mol. The maximum Gasteiger partial charge on any atom is 0.0788 e. The predicted octanol–water partition coefficient (Wildman–Crippen LogP) is 18.4. The minimum atomic E-state index is -0.650. The molecule has 4 heteroatoms. The van der Waals surface area contributed by atoms with Crippen molar-refractivity contribution in [3.63, 3.8) is 0 Å². The Balaban J connectivity index is 0.933. The largest absolute Gasteiger partial charge is 0.307 e. The number of hydrogen-bond acceptors (Lipinski definition) is 0. The van der Waals surface area contributed by atoms with Crippen molar-refractivity contribution in [1.29, 1.82) is 0 Å². The van der Waals surface area contributed by atoms with E-state index in [9.17, 15) is 0 Å². The van der Waals surface area contributed by atoms with Gasteiger partial charge in [0.1, 0.15) is 0 Å². The molecule has 17 rings (SSSR count). The van der Waals surface area contributed by atoms with Gasteiger partial charge in [-0.25, -0.2) is 0 Å². The van der Waals surface area contributed by atoms with Crippen LogP contribution in [-0.2, 0) is 5.41 Å². The summed E-state index contributed by atoms with van der Waals surface area (Å²) in [7, 11) is 0. The Kier molecular flexibility index (Phi) is 8.73. The van der Waals surface area contributed by atoms with Crippen LogP contribution in [0.4, 0.5) is 0 Å². The Morgan fingerprint density at radius 1 is 0.208 bits per heavy atom. The molecule has 0 unspecified atom stereocenters. The van der Waals surface area contributed by atoms with Gasteiger partial charge in [0.05, 0.1) is 49.5 Å². The maximum absolute atomic E-state index is 2.54. The highest BCUT2D eigenvalue weighted by Crippen LogP contribution is 2.57. The zero-order valence-electron chi connectivity index (χ0n) is 41.8. The van der Waals surface area contributed by atoms with Crippen molar-refractivity contribution in [2.45, 2.75) is 5.41 Å². The predicted molar refractivity (Wildman–Crippen MR) is 321 cm³/mol. The third-order valence-corrected chi connectivity index (χ3v) is 17.0. The topological polar surface area (TPSA) is 19.7 Å². The van der Waals surface area contributed by atoms with E-state index in [1.54, 1.807) is 0 Å². The zero-order chi connectivity index (χ0) is 50.3. The summed E-state index contributed by atoms with van der Waals surface area (Å²) in [6, 6.07) is 104. The van der Waals surface area contributed by atoms with Crippen LogP contribution in [0.5, 0.6) is 0 Å². The second-order valence-electron chi connectivity index (χ2n) is 20.7. The van der Waals surface area contributed by atoms with Crippen molar-refractivity contribution >= 4 is 87.2 Å². The number of nitrogens with zero attached hydrogens (tertiary/aromatic N) is 4. The summed E-state index contributed by atoms with van der Waals surface area (Å²) in [5.41, 5.74) is 20.9. The standard InChI is InChI=1S/C73H46N4/c1-3-21-49(22-4-1)74-65-34-15-9-28-55(65)59-42-43-60-57-30-11-17-36-67(57)76(70(60)69(59)74)51-40-38-47(39-41-51)73(63-32-13-7-26-53(63)54-27-8-14-33-64(54)73)48-20-19-25-52(46-48)77-68-37-18-12-31-58(68)62-45-44-61-56-29-10-16-35-66(56)75(71(61)72(62)77)50-23-5-2-6-24-50/h1-46H. The fourth-order valence-corrected chi connectivity index (χ4v) is 14.0. The summed E-state index contributed by atoms with van der Waals surface area (Å²) in [5.74, 6) is 0. The monoisotopic (exact) mass is 978 g/mol. The molecule has 0 saturated carbocycles. The van der Waals surface area contributed by atoms with Gasteiger partial charge in [-0.1, -0.05) is 206 Å². The minimum Gasteiger partial charge on any atom is -0.307 e. The van der Waals surface area contributed by atoms with Crippen LogP contribution in [0.1, 0.15) is 22.3 Å². The van der Waals surface area contributed by atoms with Gasteiger partial charge < -0.3 is 18.3 Å². The van der Waals surface area contributed by atoms with E-state index in [1.807, 2.05) is 0 Å². The molecule has 0 fully saturated rings. The van der Waals surface area contributed by atoms with E-state index in [4.69, 9.17) is 0 Å². The number of benzene rings is 12. The first-order chi connectivity index (χ1) is 38.3. The summed E-state index contributed by atoms with van der Waals surface area (Å²) < 4.78 is 9.99. The Morgan fingerprint density at radius 2 is 0.532 bits per heavy atom. The molecule has 0 amide bonds. The van der Waals surface area contributed by atoms with Gasteiger partial charge in [0.2, 0.25) is 0 Å². The third-order valence-electron chi connectivity index (χ3n) is 17.0. The van der Waals surface area contributed by atoms with Crippen molar-refractivity contribution < 1.29 is 0 Å². The van der Waals surface area contributed by atoms with Crippen LogP contribution < -0.4 is 0 Å². The molecule has 1 aliphatic rings. The summed E-state index contributed by atoms with van der Waals surface area (Å²) in [6.07, 6.45) is 0. The highest BCUT2D eigenvalue weighted by Gasteiger charge is 2.46. The number of para-hydroxylation sites is 6. The third kappa shape index (κ3) is 5.65. The second-order valence-corrected chi connectivity index (χ2v) is 20.7. The van der Waals surface area contributed by atoms with Crippen LogP contribution in [-0.4, -0.2) is 18.3 Å². The summed E-state index contributed by atoms with van der Waals surface area (Å²) in [6.45, 7) is 0. The average Bonchev–Trinajstić information content (AvgIpc) is 4.39. The molecule has 0 atom stereocenters. The fourth-order valence-electron chi connectivity index (χ4n) is 14.0. The van der Waals surface area contributed by atoms with Crippen molar-refractivity contribution in [2.75, 3.05) is 0 Å². The number of fused-ring (bicyclic) bond motifs is 17. The van der Waals surface area contributed by atoms with Gasteiger partial charge in [0.25, 0.3) is 0 Å². The molecule has 4 aromatic heterocycles. The van der Waals surface area contributed by atoms with Gasteiger partial charge in [0.15, 0.2) is 0 Å². The first-order valence-electron chi connectivity index (χ1n) is 26.7. The van der Waals surface area contributed by atoms with E-state index in [1.165, 1.54) is 121 Å². The van der Waals surface area contributed by atoms with Crippen LogP contribution in [0, 0.1) is 0 Å². The minimum absolute atomic E-state index is 0.650. The number of rotatable bonds is 6. The zero-order valence-corrected chi connectivity index (χ0v) is 41.8. The molecule has 4 heterocycles. The molecule has 0 spiro atoms. The smallest absolute Gasteiger partial charge is 0.0788 e. The number of aromatic nitrogens is 4. The second kappa shape index (κ2) is 15.9. The van der Waals surface area contributed by atoms with Crippen LogP contribution in [0.3, 0.4) is 0 Å². The SMILES string of the molecule is c1ccc(-n2c3ccccc3c3ccc4c5ccccc5n(-c5ccc(C6(c7cccc(-n8c9ccccc9c9ccc%10c%11ccccc%11n(-c%11ccccc%11)c%10c98)c7)c7ccccc7-c7ccccc76)cc5)c4c32)cc1. The molecule has 0 aliphatic heterocycles. The highest BCUT2D eigenvalue weighted by atomic mass is 15.1. The fraction of sp³-hybridized carbons (Fsp3) is 0.0137. The highest BCUT2D eigenvalue weighted by molar-refractivity contribution is 6.25. The van der Waals surface area contributed by atoms with Crippen molar-refractivity contribution in [3.8, 4) is 33.9 Å². The van der Waals surface area contributed by atoms with E-state index in [2.05, 4.69) is 297 Å². The van der Waals surface area contributed by atoms with Crippen molar-refractivity contribution in [3.05, 3.63) is 301 Å². The molecule has 4 nitrogen and oxygen atoms in total. The van der Waals surface area contributed by atoms with Gasteiger partial charge in [-0.05, 0) is 106 Å². The van der Waals surface area contributed by atoms with E-state index in [0.29, 0.717) is 0 Å². The van der Waals surface area contributed by atoms with Gasteiger partial charge >= 0.3 is 0 Å². The normalized spacial score (nSPS) is 13.0. The molecule has 1 aliphatic carbocycles. The van der Waals surface area contributed by atoms with Crippen LogP contribution >= 0.6 is 0 Å². The Labute approximate surface area is 443 Å². The van der Waals surface area contributed by atoms with Crippen LogP contribution in [0.2, 0.25) is 0 Å². The summed E-state index contributed by atoms with van der Waals surface area (Å²) in [5, 5.41) is 9.88. The van der Waals surface area contributed by atoms with Gasteiger partial charge in [-0.3, -0.25) is 0 Å². The van der Waals surface area contributed by atoms with E-state index in [-0.39, 0.29) is 0 Å². The lowest BCUT2D eigenvalue weighted by Gasteiger charge is -2.34. The molecular weight excluding hydrogens is 933 g/mol. The lowest BCUT2D eigenvalue weighted by Crippen LogP contribution is -2.28. The lowest BCUT2D eigenvalue weighted by atomic mass is 9.67. The molecule has 12 aromatic carbocycles. The van der Waals surface area contributed by atoms with Crippen LogP contribution in [0.15, 0.2) is 279 Å². The van der Waals surface area contributed by atoms with Crippen molar-refractivity contribution in [2.24, 2.45) is 0 Å². The molecule has 0 radical (unpaired) electrons. The van der Waals surface area contributed by atoms with Crippen molar-refractivity contribution in [1.82, 2.24) is 18.3 Å².